The van der Waals surface area contributed by atoms with E-state index in [1.54, 1.807) is 0 Å². The third-order valence-corrected chi connectivity index (χ3v) is 4.05. The van der Waals surface area contributed by atoms with Crippen LogP contribution in [0.15, 0.2) is 0 Å². The smallest absolute Gasteiger partial charge is 0.0644 e. The van der Waals surface area contributed by atoms with Gasteiger partial charge in [0.2, 0.25) is 0 Å². The van der Waals surface area contributed by atoms with E-state index in [1.165, 1.54) is 43.4 Å². The first-order valence-electron chi connectivity index (χ1n) is 6.89. The maximum Gasteiger partial charge on any atom is 0.0644 e. The minimum absolute atomic E-state index is 0.0927. The first-order chi connectivity index (χ1) is 8.09. The third-order valence-electron chi connectivity index (χ3n) is 4.05. The Morgan fingerprint density at radius 2 is 1.94 bits per heavy atom. The lowest BCUT2D eigenvalue weighted by Crippen LogP contribution is -2.16. The Bertz CT molecular complexity index is 373. The summed E-state index contributed by atoms with van der Waals surface area (Å²) in [7, 11) is 0. The van der Waals surface area contributed by atoms with Gasteiger partial charge in [0.05, 0.1) is 5.69 Å². The number of nitrogens with zero attached hydrogens (tertiary/aromatic N) is 2. The van der Waals surface area contributed by atoms with E-state index in [0.29, 0.717) is 0 Å². The highest BCUT2D eigenvalue weighted by molar-refractivity contribution is 5.27. The van der Waals surface area contributed by atoms with Crippen LogP contribution >= 0.6 is 0 Å². The molecule has 3 nitrogen and oxygen atoms in total. The number of aryl methyl sites for hydroxylation is 1. The molecule has 0 radical (unpaired) electrons. The zero-order valence-electron chi connectivity index (χ0n) is 11.4. The Kier molecular flexibility index (Phi) is 3.87. The Morgan fingerprint density at radius 3 is 2.47 bits per heavy atom. The van der Waals surface area contributed by atoms with E-state index in [4.69, 9.17) is 5.73 Å². The molecule has 1 aliphatic carbocycles. The molecule has 0 bridgehead atoms. The van der Waals surface area contributed by atoms with E-state index in [1.807, 2.05) is 6.92 Å². The van der Waals surface area contributed by atoms with Crippen molar-refractivity contribution >= 4 is 0 Å². The summed E-state index contributed by atoms with van der Waals surface area (Å²) < 4.78 is 2.18. The normalized spacial score (nSPS) is 19.5. The van der Waals surface area contributed by atoms with Crippen LogP contribution in [0.1, 0.15) is 62.0 Å². The van der Waals surface area contributed by atoms with Crippen LogP contribution in [0.25, 0.3) is 0 Å². The van der Waals surface area contributed by atoms with Gasteiger partial charge in [-0.2, -0.15) is 5.10 Å². The van der Waals surface area contributed by atoms with Crippen molar-refractivity contribution in [3.8, 4) is 0 Å². The standard InChI is InChI=1S/C14H25N3/c1-10(15)14-11(2)16-17(12(14)3)9-13-7-5-4-6-8-13/h10,13H,4-9,15H2,1-3H3. The zero-order chi connectivity index (χ0) is 12.4. The molecule has 3 heteroatoms. The van der Waals surface area contributed by atoms with Crippen LogP contribution in [0.5, 0.6) is 0 Å². The van der Waals surface area contributed by atoms with Crippen molar-refractivity contribution in [3.63, 3.8) is 0 Å². The van der Waals surface area contributed by atoms with Crippen molar-refractivity contribution < 1.29 is 0 Å². The lowest BCUT2D eigenvalue weighted by Gasteiger charge is -2.22. The number of hydrogen-bond acceptors (Lipinski definition) is 2. The van der Waals surface area contributed by atoms with Crippen molar-refractivity contribution in [2.45, 2.75) is 65.5 Å². The van der Waals surface area contributed by atoms with Gasteiger partial charge in [-0.25, -0.2) is 0 Å². The van der Waals surface area contributed by atoms with Gasteiger partial charge in [-0.3, -0.25) is 4.68 Å². The van der Waals surface area contributed by atoms with Crippen LogP contribution in [0, 0.1) is 19.8 Å². The quantitative estimate of drug-likeness (QED) is 0.875. The van der Waals surface area contributed by atoms with Gasteiger partial charge in [0.15, 0.2) is 0 Å². The number of hydrogen-bond donors (Lipinski definition) is 1. The van der Waals surface area contributed by atoms with Gasteiger partial charge in [-0.05, 0) is 39.5 Å². The Balaban J connectivity index is 2.13. The van der Waals surface area contributed by atoms with Crippen molar-refractivity contribution in [1.29, 1.82) is 0 Å². The molecule has 17 heavy (non-hydrogen) atoms. The predicted molar refractivity (Wildman–Crippen MR) is 70.9 cm³/mol. The molecule has 1 aromatic heterocycles. The molecular weight excluding hydrogens is 210 g/mol. The summed E-state index contributed by atoms with van der Waals surface area (Å²) in [5, 5.41) is 4.66. The molecule has 0 aromatic carbocycles. The van der Waals surface area contributed by atoms with Crippen LogP contribution in [-0.4, -0.2) is 9.78 Å². The molecule has 96 valence electrons. The minimum Gasteiger partial charge on any atom is -0.324 e. The molecule has 2 rings (SSSR count). The van der Waals surface area contributed by atoms with Crippen molar-refractivity contribution in [2.24, 2.45) is 11.7 Å². The minimum atomic E-state index is 0.0927. The van der Waals surface area contributed by atoms with Crippen LogP contribution in [0.3, 0.4) is 0 Å². The topological polar surface area (TPSA) is 43.8 Å². The van der Waals surface area contributed by atoms with Crippen LogP contribution < -0.4 is 5.73 Å². The van der Waals surface area contributed by atoms with E-state index >= 15 is 0 Å². The number of aromatic nitrogens is 2. The highest BCUT2D eigenvalue weighted by Crippen LogP contribution is 2.27. The molecule has 0 amide bonds. The summed E-state index contributed by atoms with van der Waals surface area (Å²) in [4.78, 5) is 0. The Hall–Kier alpha value is -0.830. The first-order valence-corrected chi connectivity index (χ1v) is 6.89. The highest BCUT2D eigenvalue weighted by Gasteiger charge is 2.19. The maximum absolute atomic E-state index is 6.01. The molecule has 0 saturated heterocycles. The van der Waals surface area contributed by atoms with Gasteiger partial charge in [0.1, 0.15) is 0 Å². The second kappa shape index (κ2) is 5.21. The van der Waals surface area contributed by atoms with Crippen LogP contribution in [0.2, 0.25) is 0 Å². The van der Waals surface area contributed by atoms with Gasteiger partial charge in [0, 0.05) is 23.8 Å². The maximum atomic E-state index is 6.01. The third kappa shape index (κ3) is 2.71. The molecule has 1 saturated carbocycles. The lowest BCUT2D eigenvalue weighted by atomic mass is 9.89. The predicted octanol–water partition coefficient (Wildman–Crippen LogP) is 3.10. The average Bonchev–Trinajstić information content (AvgIpc) is 2.55. The molecular formula is C14H25N3. The summed E-state index contributed by atoms with van der Waals surface area (Å²) in [5.74, 6) is 0.822. The van der Waals surface area contributed by atoms with Crippen LogP contribution in [-0.2, 0) is 6.54 Å². The molecule has 1 unspecified atom stereocenters. The van der Waals surface area contributed by atoms with E-state index in [2.05, 4.69) is 23.6 Å². The van der Waals surface area contributed by atoms with Gasteiger partial charge >= 0.3 is 0 Å². The number of nitrogens with two attached hydrogens (primary N) is 1. The second-order valence-corrected chi connectivity index (χ2v) is 5.56. The Labute approximate surface area is 104 Å². The van der Waals surface area contributed by atoms with Crippen molar-refractivity contribution in [2.75, 3.05) is 0 Å². The molecule has 1 fully saturated rings. The largest absolute Gasteiger partial charge is 0.324 e. The second-order valence-electron chi connectivity index (χ2n) is 5.56. The van der Waals surface area contributed by atoms with Crippen molar-refractivity contribution in [3.05, 3.63) is 17.0 Å². The summed E-state index contributed by atoms with van der Waals surface area (Å²) in [6, 6.07) is 0.0927. The highest BCUT2D eigenvalue weighted by atomic mass is 15.3. The first kappa shape index (κ1) is 12.6. The zero-order valence-corrected chi connectivity index (χ0v) is 11.4. The monoisotopic (exact) mass is 235 g/mol. The van der Waals surface area contributed by atoms with Crippen LogP contribution in [0.4, 0.5) is 0 Å². The summed E-state index contributed by atoms with van der Waals surface area (Å²) in [6.07, 6.45) is 6.94. The fraction of sp³-hybridized carbons (Fsp3) is 0.786. The molecule has 1 aromatic rings. The average molecular weight is 235 g/mol. The van der Waals surface area contributed by atoms with Gasteiger partial charge < -0.3 is 5.73 Å². The lowest BCUT2D eigenvalue weighted by molar-refractivity contribution is 0.305. The van der Waals surface area contributed by atoms with E-state index in [-0.39, 0.29) is 6.04 Å². The molecule has 0 spiro atoms. The van der Waals surface area contributed by atoms with E-state index in [0.717, 1.165) is 18.2 Å². The molecule has 2 N–H and O–H groups in total. The molecule has 1 heterocycles. The summed E-state index contributed by atoms with van der Waals surface area (Å²) in [5.41, 5.74) is 9.62. The van der Waals surface area contributed by atoms with E-state index < -0.39 is 0 Å². The van der Waals surface area contributed by atoms with Gasteiger partial charge in [-0.15, -0.1) is 0 Å². The van der Waals surface area contributed by atoms with E-state index in [9.17, 15) is 0 Å². The van der Waals surface area contributed by atoms with Crippen molar-refractivity contribution in [1.82, 2.24) is 9.78 Å². The fourth-order valence-corrected chi connectivity index (χ4v) is 3.16. The van der Waals surface area contributed by atoms with Gasteiger partial charge in [-0.1, -0.05) is 19.3 Å². The fourth-order valence-electron chi connectivity index (χ4n) is 3.16. The number of rotatable bonds is 3. The Morgan fingerprint density at radius 1 is 1.29 bits per heavy atom. The molecule has 0 aliphatic heterocycles. The molecule has 1 aliphatic rings. The van der Waals surface area contributed by atoms with Gasteiger partial charge in [0.25, 0.3) is 0 Å². The summed E-state index contributed by atoms with van der Waals surface area (Å²) in [6.45, 7) is 7.35. The molecule has 1 atom stereocenters. The SMILES string of the molecule is Cc1nn(CC2CCCCC2)c(C)c1C(C)N. The summed E-state index contributed by atoms with van der Waals surface area (Å²) >= 11 is 0.